The SMILES string of the molecule is CCOc1ccc(CNC(C)c2ccc(F)cc2F)cc1. The van der Waals surface area contributed by atoms with E-state index in [0.29, 0.717) is 18.7 Å². The quantitative estimate of drug-likeness (QED) is 0.860. The van der Waals surface area contributed by atoms with Gasteiger partial charge in [0.1, 0.15) is 17.4 Å². The van der Waals surface area contributed by atoms with E-state index in [4.69, 9.17) is 4.74 Å². The lowest BCUT2D eigenvalue weighted by Crippen LogP contribution is -2.19. The molecule has 0 amide bonds. The van der Waals surface area contributed by atoms with Crippen LogP contribution in [0.5, 0.6) is 5.75 Å². The topological polar surface area (TPSA) is 21.3 Å². The van der Waals surface area contributed by atoms with Gasteiger partial charge in [0.15, 0.2) is 0 Å². The molecule has 0 saturated heterocycles. The molecule has 2 aromatic rings. The highest BCUT2D eigenvalue weighted by Crippen LogP contribution is 2.19. The number of hydrogen-bond acceptors (Lipinski definition) is 2. The first kappa shape index (κ1) is 15.4. The lowest BCUT2D eigenvalue weighted by atomic mass is 10.1. The molecular formula is C17H19F2NO. The van der Waals surface area contributed by atoms with Crippen molar-refractivity contribution in [3.05, 3.63) is 65.2 Å². The maximum absolute atomic E-state index is 13.7. The van der Waals surface area contributed by atoms with Gasteiger partial charge in [-0.3, -0.25) is 0 Å². The molecule has 2 rings (SSSR count). The fraction of sp³-hybridized carbons (Fsp3) is 0.294. The molecule has 0 saturated carbocycles. The van der Waals surface area contributed by atoms with E-state index >= 15 is 0 Å². The average Bonchev–Trinajstić information content (AvgIpc) is 2.46. The summed E-state index contributed by atoms with van der Waals surface area (Å²) >= 11 is 0. The third-order valence-electron chi connectivity index (χ3n) is 3.28. The highest BCUT2D eigenvalue weighted by molar-refractivity contribution is 5.27. The lowest BCUT2D eigenvalue weighted by Gasteiger charge is -2.15. The standard InChI is InChI=1S/C17H19F2NO/c1-3-21-15-7-4-13(5-8-15)11-20-12(2)16-9-6-14(18)10-17(16)19/h4-10,12,20H,3,11H2,1-2H3. The minimum absolute atomic E-state index is 0.197. The average molecular weight is 291 g/mol. The van der Waals surface area contributed by atoms with Gasteiger partial charge in [-0.1, -0.05) is 18.2 Å². The maximum atomic E-state index is 13.7. The first-order valence-corrected chi connectivity index (χ1v) is 7.00. The van der Waals surface area contributed by atoms with E-state index in [1.54, 1.807) is 0 Å². The van der Waals surface area contributed by atoms with Crippen molar-refractivity contribution in [2.24, 2.45) is 0 Å². The third-order valence-corrected chi connectivity index (χ3v) is 3.28. The fourth-order valence-electron chi connectivity index (χ4n) is 2.10. The Labute approximate surface area is 123 Å². The summed E-state index contributed by atoms with van der Waals surface area (Å²) in [6.45, 7) is 5.03. The van der Waals surface area contributed by atoms with Crippen LogP contribution in [-0.4, -0.2) is 6.61 Å². The first-order valence-electron chi connectivity index (χ1n) is 7.00. The van der Waals surface area contributed by atoms with Crippen LogP contribution in [0, 0.1) is 11.6 Å². The monoisotopic (exact) mass is 291 g/mol. The highest BCUT2D eigenvalue weighted by atomic mass is 19.1. The Morgan fingerprint density at radius 2 is 1.81 bits per heavy atom. The van der Waals surface area contributed by atoms with E-state index in [9.17, 15) is 8.78 Å². The van der Waals surface area contributed by atoms with Crippen LogP contribution in [0.25, 0.3) is 0 Å². The Bertz CT molecular complexity index is 584. The van der Waals surface area contributed by atoms with E-state index in [-0.39, 0.29) is 6.04 Å². The van der Waals surface area contributed by atoms with Crippen LogP contribution in [0.15, 0.2) is 42.5 Å². The zero-order valence-electron chi connectivity index (χ0n) is 12.2. The Morgan fingerprint density at radius 3 is 2.43 bits per heavy atom. The van der Waals surface area contributed by atoms with E-state index in [1.807, 2.05) is 38.1 Å². The number of benzene rings is 2. The zero-order chi connectivity index (χ0) is 15.2. The van der Waals surface area contributed by atoms with Crippen LogP contribution < -0.4 is 10.1 Å². The van der Waals surface area contributed by atoms with E-state index in [2.05, 4.69) is 5.32 Å². The van der Waals surface area contributed by atoms with Crippen molar-refractivity contribution in [1.29, 1.82) is 0 Å². The number of ether oxygens (including phenoxy) is 1. The first-order chi connectivity index (χ1) is 10.1. The van der Waals surface area contributed by atoms with Gasteiger partial charge in [-0.15, -0.1) is 0 Å². The molecule has 4 heteroatoms. The highest BCUT2D eigenvalue weighted by Gasteiger charge is 2.11. The second kappa shape index (κ2) is 7.18. The Hall–Kier alpha value is -1.94. The lowest BCUT2D eigenvalue weighted by molar-refractivity contribution is 0.340. The van der Waals surface area contributed by atoms with Crippen molar-refractivity contribution >= 4 is 0 Å². The van der Waals surface area contributed by atoms with Crippen molar-refractivity contribution in [2.75, 3.05) is 6.61 Å². The van der Waals surface area contributed by atoms with Gasteiger partial charge in [-0.2, -0.15) is 0 Å². The number of rotatable bonds is 6. The zero-order valence-corrected chi connectivity index (χ0v) is 12.2. The molecule has 0 aliphatic heterocycles. The fourth-order valence-corrected chi connectivity index (χ4v) is 2.10. The van der Waals surface area contributed by atoms with Crippen molar-refractivity contribution in [3.63, 3.8) is 0 Å². The van der Waals surface area contributed by atoms with Gasteiger partial charge in [0, 0.05) is 24.2 Å². The van der Waals surface area contributed by atoms with E-state index < -0.39 is 11.6 Å². The van der Waals surface area contributed by atoms with Gasteiger partial charge >= 0.3 is 0 Å². The molecule has 0 radical (unpaired) electrons. The summed E-state index contributed by atoms with van der Waals surface area (Å²) in [5.41, 5.74) is 1.54. The summed E-state index contributed by atoms with van der Waals surface area (Å²) < 4.78 is 31.9. The van der Waals surface area contributed by atoms with Gasteiger partial charge in [-0.05, 0) is 37.6 Å². The molecule has 0 fully saturated rings. The second-order valence-electron chi connectivity index (χ2n) is 4.85. The molecule has 0 aliphatic rings. The largest absolute Gasteiger partial charge is 0.494 e. The Morgan fingerprint density at radius 1 is 1.10 bits per heavy atom. The molecule has 1 atom stereocenters. The van der Waals surface area contributed by atoms with Crippen LogP contribution >= 0.6 is 0 Å². The third kappa shape index (κ3) is 4.26. The second-order valence-corrected chi connectivity index (χ2v) is 4.85. The molecule has 0 aliphatic carbocycles. The predicted molar refractivity (Wildman–Crippen MR) is 79.2 cm³/mol. The molecule has 1 N–H and O–H groups in total. The van der Waals surface area contributed by atoms with Gasteiger partial charge in [0.2, 0.25) is 0 Å². The van der Waals surface area contributed by atoms with Gasteiger partial charge < -0.3 is 10.1 Å². The van der Waals surface area contributed by atoms with Crippen molar-refractivity contribution in [2.45, 2.75) is 26.4 Å². The molecule has 0 bridgehead atoms. The van der Waals surface area contributed by atoms with Gasteiger partial charge in [0.05, 0.1) is 6.61 Å². The maximum Gasteiger partial charge on any atom is 0.130 e. The van der Waals surface area contributed by atoms with E-state index in [0.717, 1.165) is 17.4 Å². The summed E-state index contributed by atoms with van der Waals surface area (Å²) in [5, 5.41) is 3.22. The smallest absolute Gasteiger partial charge is 0.130 e. The normalized spacial score (nSPS) is 12.2. The summed E-state index contributed by atoms with van der Waals surface area (Å²) in [5.74, 6) is -0.254. The van der Waals surface area contributed by atoms with Crippen molar-refractivity contribution in [3.8, 4) is 5.75 Å². The summed E-state index contributed by atoms with van der Waals surface area (Å²) in [7, 11) is 0. The number of nitrogens with one attached hydrogen (secondary N) is 1. The minimum atomic E-state index is -0.560. The molecule has 1 unspecified atom stereocenters. The molecular weight excluding hydrogens is 272 g/mol. The van der Waals surface area contributed by atoms with Crippen LogP contribution in [0.3, 0.4) is 0 Å². The van der Waals surface area contributed by atoms with Gasteiger partial charge in [-0.25, -0.2) is 8.78 Å². The molecule has 112 valence electrons. The van der Waals surface area contributed by atoms with Crippen LogP contribution in [0.4, 0.5) is 8.78 Å². The molecule has 0 aromatic heterocycles. The molecule has 21 heavy (non-hydrogen) atoms. The number of halogens is 2. The summed E-state index contributed by atoms with van der Waals surface area (Å²) in [6.07, 6.45) is 0. The molecule has 0 spiro atoms. The van der Waals surface area contributed by atoms with Gasteiger partial charge in [0.25, 0.3) is 0 Å². The molecule has 0 heterocycles. The predicted octanol–water partition coefficient (Wildman–Crippen LogP) is 4.21. The van der Waals surface area contributed by atoms with Crippen molar-refractivity contribution < 1.29 is 13.5 Å². The number of hydrogen-bond donors (Lipinski definition) is 1. The van der Waals surface area contributed by atoms with Crippen LogP contribution in [0.1, 0.15) is 31.0 Å². The summed E-state index contributed by atoms with van der Waals surface area (Å²) in [6, 6.07) is 11.2. The van der Waals surface area contributed by atoms with Crippen LogP contribution in [0.2, 0.25) is 0 Å². The van der Waals surface area contributed by atoms with Crippen molar-refractivity contribution in [1.82, 2.24) is 5.32 Å². The Kier molecular flexibility index (Phi) is 5.28. The Balaban J connectivity index is 1.95. The minimum Gasteiger partial charge on any atom is -0.494 e. The summed E-state index contributed by atoms with van der Waals surface area (Å²) in [4.78, 5) is 0. The molecule has 2 nitrogen and oxygen atoms in total. The van der Waals surface area contributed by atoms with Crippen LogP contribution in [-0.2, 0) is 6.54 Å². The van der Waals surface area contributed by atoms with E-state index in [1.165, 1.54) is 12.1 Å². The molecule has 2 aromatic carbocycles.